The molecule has 3 aromatic rings. The van der Waals surface area contributed by atoms with Gasteiger partial charge in [-0.2, -0.15) is 5.10 Å². The van der Waals surface area contributed by atoms with E-state index in [1.807, 2.05) is 49.6 Å². The Balaban J connectivity index is 0.000000159. The molecule has 2 N–H and O–H groups in total. The number of H-pyrrole nitrogens is 1. The topological polar surface area (TPSA) is 88.7 Å². The van der Waals surface area contributed by atoms with Gasteiger partial charge < -0.3 is 29.2 Å². The maximum absolute atomic E-state index is 10.6. The number of fused-ring (bicyclic) bond motifs is 1. The normalized spacial score (nSPS) is 16.4. The van der Waals surface area contributed by atoms with Crippen molar-refractivity contribution < 1.29 is 19.0 Å². The fourth-order valence-electron chi connectivity index (χ4n) is 3.97. The Morgan fingerprint density at radius 1 is 1.11 bits per heavy atom. The van der Waals surface area contributed by atoms with Crippen molar-refractivity contribution in [2.24, 2.45) is 5.92 Å². The Morgan fingerprint density at radius 3 is 2.49 bits per heavy atom. The predicted octanol–water partition coefficient (Wildman–Crippen LogP) is 4.28. The highest BCUT2D eigenvalue weighted by atomic mass is 16.5. The molecule has 0 saturated carbocycles. The van der Waals surface area contributed by atoms with Gasteiger partial charge in [0.25, 0.3) is 0 Å². The fraction of sp³-hybridized carbons (Fsp3) is 0.407. The second-order valence-electron chi connectivity index (χ2n) is 8.55. The van der Waals surface area contributed by atoms with E-state index in [1.54, 1.807) is 20.4 Å². The highest BCUT2D eigenvalue weighted by Gasteiger charge is 2.19. The highest BCUT2D eigenvalue weighted by Crippen LogP contribution is 2.30. The molecule has 0 aliphatic carbocycles. The number of anilines is 1. The van der Waals surface area contributed by atoms with E-state index in [1.165, 1.54) is 25.9 Å². The second-order valence-corrected chi connectivity index (χ2v) is 8.55. The lowest BCUT2D eigenvalue weighted by Crippen LogP contribution is -2.21. The molecule has 3 heterocycles. The molecule has 2 aliphatic rings. The number of rotatable bonds is 5. The largest absolute Gasteiger partial charge is 0.497 e. The van der Waals surface area contributed by atoms with Gasteiger partial charge in [0, 0.05) is 18.8 Å². The van der Waals surface area contributed by atoms with E-state index in [9.17, 15) is 4.79 Å². The number of carbonyl (C=O) groups is 1. The van der Waals surface area contributed by atoms with Gasteiger partial charge in [0.15, 0.2) is 0 Å². The van der Waals surface area contributed by atoms with Gasteiger partial charge >= 0.3 is 0 Å². The smallest absolute Gasteiger partial charge is 0.142 e. The third-order valence-electron chi connectivity index (χ3n) is 6.03. The molecule has 2 aliphatic heterocycles. The Bertz CT molecular complexity index is 1050. The number of hydrogen-bond donors (Lipinski definition) is 2. The second kappa shape index (κ2) is 13.4. The molecule has 1 saturated heterocycles. The summed E-state index contributed by atoms with van der Waals surface area (Å²) in [6.07, 6.45) is 8.16. The minimum atomic E-state index is -0.0189. The molecular weight excluding hydrogens is 444 g/mol. The molecule has 0 bridgehead atoms. The molecule has 0 amide bonds. The summed E-state index contributed by atoms with van der Waals surface area (Å²) < 4.78 is 15.8. The predicted molar refractivity (Wildman–Crippen MR) is 139 cm³/mol. The van der Waals surface area contributed by atoms with Crippen molar-refractivity contribution in [1.29, 1.82) is 0 Å². The number of likely N-dealkylation sites (tertiary alicyclic amines) is 1. The van der Waals surface area contributed by atoms with Crippen LogP contribution in [0.2, 0.25) is 0 Å². The molecule has 1 unspecified atom stereocenters. The maximum Gasteiger partial charge on any atom is 0.142 e. The maximum atomic E-state index is 10.6. The number of carbonyl (C=O) groups excluding carboxylic acids is 1. The summed E-state index contributed by atoms with van der Waals surface area (Å²) in [6, 6.07) is 11.7. The zero-order chi connectivity index (χ0) is 25.0. The lowest BCUT2D eigenvalue weighted by atomic mass is 9.98. The highest BCUT2D eigenvalue weighted by molar-refractivity contribution is 5.69. The average Bonchev–Trinajstić information content (AvgIpc) is 3.62. The van der Waals surface area contributed by atoms with E-state index in [2.05, 4.69) is 27.5 Å². The summed E-state index contributed by atoms with van der Waals surface area (Å²) in [5, 5.41) is 9.77. The molecular formula is C27H36N4O4. The van der Waals surface area contributed by atoms with Crippen LogP contribution in [-0.2, 0) is 11.2 Å². The Morgan fingerprint density at radius 2 is 1.91 bits per heavy atom. The molecule has 35 heavy (non-hydrogen) atoms. The van der Waals surface area contributed by atoms with E-state index in [4.69, 9.17) is 14.2 Å². The summed E-state index contributed by atoms with van der Waals surface area (Å²) in [5.74, 6) is 2.48. The zero-order valence-corrected chi connectivity index (χ0v) is 21.0. The monoisotopic (exact) mass is 480 g/mol. The van der Waals surface area contributed by atoms with Gasteiger partial charge in [-0.05, 0) is 80.9 Å². The number of nitrogens with one attached hydrogen (secondary N) is 2. The van der Waals surface area contributed by atoms with Gasteiger partial charge in [-0.1, -0.05) is 6.07 Å². The van der Waals surface area contributed by atoms with Crippen LogP contribution >= 0.6 is 0 Å². The van der Waals surface area contributed by atoms with Crippen LogP contribution < -0.4 is 19.5 Å². The van der Waals surface area contributed by atoms with Crippen molar-refractivity contribution in [3.63, 3.8) is 0 Å². The molecule has 0 spiro atoms. The third-order valence-corrected chi connectivity index (χ3v) is 6.03. The SMILES string of the molecule is CN1CCCC1.CNc1ccc(-c2cn[nH]c2)cc1OC.COc1ccc2c(c1)CC(C=O)CO2. The van der Waals surface area contributed by atoms with Crippen molar-refractivity contribution in [3.05, 3.63) is 54.4 Å². The van der Waals surface area contributed by atoms with Crippen LogP contribution in [0.1, 0.15) is 18.4 Å². The first-order valence-electron chi connectivity index (χ1n) is 11.9. The van der Waals surface area contributed by atoms with Crippen molar-refractivity contribution in [3.8, 4) is 28.4 Å². The molecule has 1 aromatic heterocycles. The van der Waals surface area contributed by atoms with Crippen LogP contribution in [0.4, 0.5) is 5.69 Å². The molecule has 8 heteroatoms. The van der Waals surface area contributed by atoms with Crippen LogP contribution in [0.15, 0.2) is 48.8 Å². The number of nitrogens with zero attached hydrogens (tertiary/aromatic N) is 2. The number of hydrogen-bond acceptors (Lipinski definition) is 7. The summed E-state index contributed by atoms with van der Waals surface area (Å²) in [6.45, 7) is 3.13. The van der Waals surface area contributed by atoms with E-state index >= 15 is 0 Å². The quantitative estimate of drug-likeness (QED) is 0.527. The zero-order valence-electron chi connectivity index (χ0n) is 21.0. The summed E-state index contributed by atoms with van der Waals surface area (Å²) in [5.41, 5.74) is 4.16. The van der Waals surface area contributed by atoms with Gasteiger partial charge in [0.1, 0.15) is 23.5 Å². The molecule has 5 rings (SSSR count). The number of ether oxygens (including phenoxy) is 3. The first-order valence-corrected chi connectivity index (χ1v) is 11.9. The number of benzene rings is 2. The summed E-state index contributed by atoms with van der Waals surface area (Å²) in [7, 11) is 7.33. The minimum absolute atomic E-state index is 0.0189. The van der Waals surface area contributed by atoms with Crippen LogP contribution in [0.25, 0.3) is 11.1 Å². The molecule has 188 valence electrons. The van der Waals surface area contributed by atoms with Crippen LogP contribution in [0, 0.1) is 5.92 Å². The molecule has 2 aromatic carbocycles. The Kier molecular flexibility index (Phi) is 9.98. The van der Waals surface area contributed by atoms with Crippen molar-refractivity contribution >= 4 is 12.0 Å². The van der Waals surface area contributed by atoms with E-state index in [0.717, 1.165) is 52.3 Å². The lowest BCUT2D eigenvalue weighted by molar-refractivity contribution is -0.112. The van der Waals surface area contributed by atoms with Gasteiger partial charge in [0.2, 0.25) is 0 Å². The van der Waals surface area contributed by atoms with Crippen molar-refractivity contribution in [2.75, 3.05) is 53.3 Å². The van der Waals surface area contributed by atoms with Crippen LogP contribution in [0.3, 0.4) is 0 Å². The number of methoxy groups -OCH3 is 2. The van der Waals surface area contributed by atoms with Crippen LogP contribution in [-0.4, -0.2) is 69.4 Å². The van der Waals surface area contributed by atoms with Gasteiger partial charge in [-0.15, -0.1) is 0 Å². The van der Waals surface area contributed by atoms with E-state index in [-0.39, 0.29) is 5.92 Å². The Hall–Kier alpha value is -3.52. The fourth-order valence-corrected chi connectivity index (χ4v) is 3.97. The first kappa shape index (κ1) is 26.1. The lowest BCUT2D eigenvalue weighted by Gasteiger charge is -2.21. The van der Waals surface area contributed by atoms with Gasteiger partial charge in [0.05, 0.1) is 38.6 Å². The molecule has 1 fully saturated rings. The number of aromatic amines is 1. The van der Waals surface area contributed by atoms with Gasteiger partial charge in [-0.3, -0.25) is 5.10 Å². The van der Waals surface area contributed by atoms with Crippen LogP contribution in [0.5, 0.6) is 17.2 Å². The minimum Gasteiger partial charge on any atom is -0.497 e. The summed E-state index contributed by atoms with van der Waals surface area (Å²) in [4.78, 5) is 13.0. The summed E-state index contributed by atoms with van der Waals surface area (Å²) >= 11 is 0. The molecule has 0 radical (unpaired) electrons. The van der Waals surface area contributed by atoms with Gasteiger partial charge in [-0.25, -0.2) is 0 Å². The van der Waals surface area contributed by atoms with E-state index < -0.39 is 0 Å². The number of aromatic nitrogens is 2. The number of aldehydes is 1. The standard InChI is InChI=1S/C11H13N3O.C11H12O3.C5H11N/c1-12-10-4-3-8(5-11(10)15-2)9-6-13-14-7-9;1-13-10-2-3-11-9(5-10)4-8(6-12)7-14-11;1-6-4-2-3-5-6/h3-7,12H,1-2H3,(H,13,14);2-3,5-6,8H,4,7H2,1H3;2-5H2,1H3. The van der Waals surface area contributed by atoms with E-state index in [0.29, 0.717) is 6.61 Å². The first-order chi connectivity index (χ1) is 17.1. The van der Waals surface area contributed by atoms with Crippen molar-refractivity contribution in [2.45, 2.75) is 19.3 Å². The third kappa shape index (κ3) is 7.48. The average molecular weight is 481 g/mol. The Labute approximate surface area is 207 Å². The van der Waals surface area contributed by atoms with Crippen molar-refractivity contribution in [1.82, 2.24) is 15.1 Å². The molecule has 1 atom stereocenters. The molecule has 8 nitrogen and oxygen atoms in total.